The van der Waals surface area contributed by atoms with Crippen molar-refractivity contribution in [2.24, 2.45) is 10.2 Å². The number of azo groups is 1. The number of nitrogens with zero attached hydrogens (tertiary/aromatic N) is 4. The number of ether oxygens (including phenoxy) is 1. The van der Waals surface area contributed by atoms with E-state index in [1.807, 2.05) is 6.92 Å². The van der Waals surface area contributed by atoms with Gasteiger partial charge in [-0.2, -0.15) is 14.9 Å². The van der Waals surface area contributed by atoms with E-state index in [2.05, 4.69) is 20.6 Å². The molecule has 1 atom stereocenters. The molecule has 2 heterocycles. The maximum atomic E-state index is 12.6. The SMILES string of the molecule is CCOc1ccc(N=NC2C(=O)Nn3c2nc2c(c3=O)CCCC2)cc1. The lowest BCUT2D eigenvalue weighted by Crippen LogP contribution is -2.33. The van der Waals surface area contributed by atoms with Crippen LogP contribution in [0.1, 0.15) is 42.9 Å². The molecule has 2 aromatic rings. The molecule has 1 aliphatic heterocycles. The van der Waals surface area contributed by atoms with Gasteiger partial charge in [0.05, 0.1) is 18.0 Å². The molecule has 1 aromatic heterocycles. The quantitative estimate of drug-likeness (QED) is 0.854. The molecule has 0 fully saturated rings. The number of benzene rings is 1. The molecular formula is C18H19N5O3. The highest BCUT2D eigenvalue weighted by Gasteiger charge is 2.35. The topological polar surface area (TPSA) is 97.9 Å². The Hall–Kier alpha value is -3.03. The second kappa shape index (κ2) is 6.70. The summed E-state index contributed by atoms with van der Waals surface area (Å²) in [5, 5.41) is 8.27. The summed E-state index contributed by atoms with van der Waals surface area (Å²) in [7, 11) is 0. The Morgan fingerprint density at radius 1 is 1.23 bits per heavy atom. The highest BCUT2D eigenvalue weighted by Crippen LogP contribution is 2.26. The molecular weight excluding hydrogens is 334 g/mol. The van der Waals surface area contributed by atoms with Gasteiger partial charge in [0.15, 0.2) is 5.82 Å². The summed E-state index contributed by atoms with van der Waals surface area (Å²) in [6.07, 6.45) is 3.44. The summed E-state index contributed by atoms with van der Waals surface area (Å²) in [5.74, 6) is 0.664. The van der Waals surface area contributed by atoms with Crippen LogP contribution in [-0.2, 0) is 17.6 Å². The van der Waals surface area contributed by atoms with Crippen molar-refractivity contribution in [3.05, 3.63) is 51.7 Å². The predicted octanol–water partition coefficient (Wildman–Crippen LogP) is 2.43. The molecule has 1 N–H and O–H groups in total. The number of carbonyl (C=O) groups is 1. The average molecular weight is 353 g/mol. The minimum Gasteiger partial charge on any atom is -0.494 e. The number of amides is 1. The van der Waals surface area contributed by atoms with Gasteiger partial charge in [-0.3, -0.25) is 15.0 Å². The van der Waals surface area contributed by atoms with Crippen LogP contribution in [0.4, 0.5) is 5.69 Å². The van der Waals surface area contributed by atoms with Crippen LogP contribution in [0.25, 0.3) is 0 Å². The minimum absolute atomic E-state index is 0.197. The monoisotopic (exact) mass is 353 g/mol. The fourth-order valence-corrected chi connectivity index (χ4v) is 3.25. The first-order chi connectivity index (χ1) is 12.7. The second-order valence-electron chi connectivity index (χ2n) is 6.26. The standard InChI is InChI=1S/C18H19N5O3/c1-2-26-12-9-7-11(8-10-12)20-21-15-16-19-14-6-4-3-5-13(14)18(25)23(16)22-17(15)24/h7-10,15H,2-6H2,1H3,(H,22,24). The lowest BCUT2D eigenvalue weighted by molar-refractivity contribution is -0.117. The number of hydrogen-bond donors (Lipinski definition) is 1. The Kier molecular flexibility index (Phi) is 4.24. The van der Waals surface area contributed by atoms with Gasteiger partial charge in [0.2, 0.25) is 6.04 Å². The molecule has 134 valence electrons. The van der Waals surface area contributed by atoms with Gasteiger partial charge in [0.25, 0.3) is 11.5 Å². The van der Waals surface area contributed by atoms with Crippen LogP contribution in [0.3, 0.4) is 0 Å². The molecule has 0 radical (unpaired) electrons. The summed E-state index contributed by atoms with van der Waals surface area (Å²) >= 11 is 0. The van der Waals surface area contributed by atoms with Crippen molar-refractivity contribution >= 4 is 11.6 Å². The van der Waals surface area contributed by atoms with Crippen molar-refractivity contribution < 1.29 is 9.53 Å². The van der Waals surface area contributed by atoms with E-state index in [-0.39, 0.29) is 5.56 Å². The van der Waals surface area contributed by atoms with Gasteiger partial charge in [0.1, 0.15) is 5.75 Å². The van der Waals surface area contributed by atoms with Crippen LogP contribution in [0, 0.1) is 0 Å². The van der Waals surface area contributed by atoms with Crippen LogP contribution >= 0.6 is 0 Å². The molecule has 26 heavy (non-hydrogen) atoms. The Bertz CT molecular complexity index is 933. The van der Waals surface area contributed by atoms with Gasteiger partial charge in [-0.1, -0.05) is 0 Å². The van der Waals surface area contributed by atoms with Gasteiger partial charge in [-0.25, -0.2) is 4.98 Å². The van der Waals surface area contributed by atoms with Crippen LogP contribution in [-0.4, -0.2) is 22.2 Å². The third-order valence-corrected chi connectivity index (χ3v) is 4.53. The molecule has 8 nitrogen and oxygen atoms in total. The van der Waals surface area contributed by atoms with Crippen molar-refractivity contribution in [2.75, 3.05) is 12.0 Å². The second-order valence-corrected chi connectivity index (χ2v) is 6.26. The van der Waals surface area contributed by atoms with Crippen molar-refractivity contribution in [1.82, 2.24) is 9.66 Å². The van der Waals surface area contributed by atoms with Gasteiger partial charge in [-0.05, 0) is 56.9 Å². The Balaban J connectivity index is 1.63. The lowest BCUT2D eigenvalue weighted by Gasteiger charge is -2.15. The maximum absolute atomic E-state index is 12.6. The number of aromatic nitrogens is 2. The highest BCUT2D eigenvalue weighted by atomic mass is 16.5. The van der Waals surface area contributed by atoms with Crippen LogP contribution in [0.5, 0.6) is 5.75 Å². The van der Waals surface area contributed by atoms with Gasteiger partial charge in [0, 0.05) is 5.56 Å². The molecule has 0 saturated heterocycles. The normalized spacial score (nSPS) is 18.5. The van der Waals surface area contributed by atoms with Crippen molar-refractivity contribution in [3.63, 3.8) is 0 Å². The molecule has 0 saturated carbocycles. The van der Waals surface area contributed by atoms with E-state index in [9.17, 15) is 9.59 Å². The van der Waals surface area contributed by atoms with Gasteiger partial charge >= 0.3 is 0 Å². The van der Waals surface area contributed by atoms with E-state index in [4.69, 9.17) is 4.74 Å². The number of nitrogens with one attached hydrogen (secondary N) is 1. The Morgan fingerprint density at radius 2 is 2.00 bits per heavy atom. The van der Waals surface area contributed by atoms with E-state index >= 15 is 0 Å². The third-order valence-electron chi connectivity index (χ3n) is 4.53. The molecule has 2 aliphatic rings. The van der Waals surface area contributed by atoms with Crippen LogP contribution in [0.15, 0.2) is 39.3 Å². The zero-order chi connectivity index (χ0) is 18.1. The summed E-state index contributed by atoms with van der Waals surface area (Å²) in [5.41, 5.74) is 4.44. The van der Waals surface area contributed by atoms with Crippen LogP contribution in [0.2, 0.25) is 0 Å². The molecule has 8 heteroatoms. The maximum Gasteiger partial charge on any atom is 0.276 e. The van der Waals surface area contributed by atoms with E-state index in [1.165, 1.54) is 4.68 Å². The summed E-state index contributed by atoms with van der Waals surface area (Å²) in [4.78, 5) is 29.4. The van der Waals surface area contributed by atoms with Gasteiger partial charge in [-0.15, -0.1) is 0 Å². The van der Waals surface area contributed by atoms with E-state index < -0.39 is 11.9 Å². The predicted molar refractivity (Wildman–Crippen MR) is 94.4 cm³/mol. The summed E-state index contributed by atoms with van der Waals surface area (Å²) < 4.78 is 6.60. The molecule has 1 aromatic carbocycles. The van der Waals surface area contributed by atoms with Crippen molar-refractivity contribution in [2.45, 2.75) is 38.6 Å². The lowest BCUT2D eigenvalue weighted by atomic mass is 9.97. The Morgan fingerprint density at radius 3 is 2.77 bits per heavy atom. The van der Waals surface area contributed by atoms with Crippen molar-refractivity contribution in [1.29, 1.82) is 0 Å². The largest absolute Gasteiger partial charge is 0.494 e. The molecule has 0 spiro atoms. The van der Waals surface area contributed by atoms with E-state index in [1.54, 1.807) is 24.3 Å². The zero-order valence-corrected chi connectivity index (χ0v) is 14.4. The average Bonchev–Trinajstić information content (AvgIpc) is 2.97. The smallest absolute Gasteiger partial charge is 0.276 e. The molecule has 1 amide bonds. The van der Waals surface area contributed by atoms with E-state index in [0.29, 0.717) is 30.1 Å². The van der Waals surface area contributed by atoms with Crippen LogP contribution < -0.4 is 15.7 Å². The number of fused-ring (bicyclic) bond motifs is 2. The zero-order valence-electron chi connectivity index (χ0n) is 14.4. The number of aryl methyl sites for hydroxylation is 1. The molecule has 0 bridgehead atoms. The molecule has 1 unspecified atom stereocenters. The third kappa shape index (κ3) is 2.87. The first-order valence-electron chi connectivity index (χ1n) is 8.76. The number of hydrogen-bond acceptors (Lipinski definition) is 6. The highest BCUT2D eigenvalue weighted by molar-refractivity contribution is 5.92. The number of carbonyl (C=O) groups excluding carboxylic acids is 1. The summed E-state index contributed by atoms with van der Waals surface area (Å²) in [6, 6.07) is 6.18. The van der Waals surface area contributed by atoms with Crippen molar-refractivity contribution in [3.8, 4) is 5.75 Å². The number of rotatable bonds is 4. The first-order valence-corrected chi connectivity index (χ1v) is 8.76. The van der Waals surface area contributed by atoms with Gasteiger partial charge < -0.3 is 4.74 Å². The molecule has 1 aliphatic carbocycles. The fourth-order valence-electron chi connectivity index (χ4n) is 3.25. The fraction of sp³-hybridized carbons (Fsp3) is 0.389. The summed E-state index contributed by atoms with van der Waals surface area (Å²) in [6.45, 7) is 2.50. The van der Waals surface area contributed by atoms with E-state index in [0.717, 1.165) is 30.7 Å². The Labute approximate surface area is 149 Å². The molecule has 4 rings (SSSR count). The minimum atomic E-state index is -0.915. The first kappa shape index (κ1) is 16.4.